The molecule has 4 aromatic rings. The number of aromatic nitrogens is 3. The molecule has 1 amide bonds. The number of amides is 1. The number of likely N-dealkylation sites (N-methyl/N-ethyl adjacent to an activating group) is 1. The minimum atomic E-state index is -3.20. The molecule has 0 bridgehead atoms. The Morgan fingerprint density at radius 2 is 1.83 bits per heavy atom. The highest BCUT2D eigenvalue weighted by Crippen LogP contribution is 2.35. The van der Waals surface area contributed by atoms with Crippen LogP contribution in [0.15, 0.2) is 60.8 Å². The fraction of sp³-hybridized carbons (Fsp3) is 0.367. The molecule has 0 unspecified atom stereocenters. The predicted molar refractivity (Wildman–Crippen MR) is 165 cm³/mol. The van der Waals surface area contributed by atoms with Gasteiger partial charge in [-0.05, 0) is 67.7 Å². The van der Waals surface area contributed by atoms with E-state index >= 15 is 0 Å². The highest BCUT2D eigenvalue weighted by molar-refractivity contribution is 7.90. The van der Waals surface area contributed by atoms with Crippen molar-refractivity contribution in [1.82, 2.24) is 24.4 Å². The first kappa shape index (κ1) is 29.3. The fourth-order valence-corrected chi connectivity index (χ4v) is 5.59. The summed E-state index contributed by atoms with van der Waals surface area (Å²) in [6.07, 6.45) is 4.89. The molecule has 1 aliphatic heterocycles. The number of likely N-dealkylation sites (tertiary alicyclic amines) is 1. The molecule has 0 radical (unpaired) electrons. The number of sulfone groups is 1. The number of anilines is 3. The van der Waals surface area contributed by atoms with E-state index in [1.54, 1.807) is 36.8 Å². The number of hydrogen-bond donors (Lipinski definition) is 2. The number of benzene rings is 2. The van der Waals surface area contributed by atoms with E-state index in [-0.39, 0.29) is 11.8 Å². The summed E-state index contributed by atoms with van der Waals surface area (Å²) in [7, 11) is 2.03. The van der Waals surface area contributed by atoms with Gasteiger partial charge in [-0.3, -0.25) is 9.69 Å². The molecule has 2 aromatic carbocycles. The number of hydrogen-bond acceptors (Lipinski definition) is 9. The number of rotatable bonds is 10. The lowest BCUT2D eigenvalue weighted by atomic mass is 9.89. The van der Waals surface area contributed by atoms with Crippen molar-refractivity contribution in [3.63, 3.8) is 0 Å². The SMILES string of the molecule is COc1cc(C2CCN(CC(=O)N(C)C)CC2)ccc1Nc1ncc2ccc(-c3ccccc3NCS(C)(=O)=O)n2n1. The summed E-state index contributed by atoms with van der Waals surface area (Å²) in [5.74, 6) is 1.45. The van der Waals surface area contributed by atoms with E-state index < -0.39 is 9.84 Å². The Kier molecular flexibility index (Phi) is 8.64. The smallest absolute Gasteiger partial charge is 0.245 e. The Labute approximate surface area is 246 Å². The lowest BCUT2D eigenvalue weighted by Gasteiger charge is -2.32. The first-order valence-electron chi connectivity index (χ1n) is 13.8. The summed E-state index contributed by atoms with van der Waals surface area (Å²) in [5.41, 5.74) is 5.08. The average molecular weight is 592 g/mol. The van der Waals surface area contributed by atoms with Crippen molar-refractivity contribution >= 4 is 38.6 Å². The van der Waals surface area contributed by atoms with Crippen LogP contribution in [0, 0.1) is 0 Å². The Bertz CT molecular complexity index is 1680. The maximum atomic E-state index is 12.1. The lowest BCUT2D eigenvalue weighted by molar-refractivity contribution is -0.130. The van der Waals surface area contributed by atoms with Crippen LogP contribution >= 0.6 is 0 Å². The molecule has 3 heterocycles. The van der Waals surface area contributed by atoms with Gasteiger partial charge in [0.15, 0.2) is 9.84 Å². The van der Waals surface area contributed by atoms with E-state index in [4.69, 9.17) is 9.84 Å². The van der Waals surface area contributed by atoms with Crippen molar-refractivity contribution in [1.29, 1.82) is 0 Å². The molecule has 0 atom stereocenters. The van der Waals surface area contributed by atoms with Gasteiger partial charge in [-0.2, -0.15) is 0 Å². The van der Waals surface area contributed by atoms with Gasteiger partial charge in [-0.1, -0.05) is 24.3 Å². The number of ether oxygens (including phenoxy) is 1. The zero-order chi connectivity index (χ0) is 29.9. The van der Waals surface area contributed by atoms with Crippen LogP contribution in [-0.4, -0.2) is 91.7 Å². The van der Waals surface area contributed by atoms with Gasteiger partial charge in [0.1, 0.15) is 11.6 Å². The molecule has 1 aliphatic rings. The molecular formula is C30H37N7O4S. The number of methoxy groups -OCH3 is 1. The topological polar surface area (TPSA) is 121 Å². The molecule has 11 nitrogen and oxygen atoms in total. The van der Waals surface area contributed by atoms with Crippen molar-refractivity contribution in [2.24, 2.45) is 0 Å². The van der Waals surface area contributed by atoms with E-state index in [1.807, 2.05) is 42.5 Å². The number of piperidine rings is 1. The van der Waals surface area contributed by atoms with E-state index in [9.17, 15) is 13.2 Å². The first-order valence-corrected chi connectivity index (χ1v) is 15.9. The first-order chi connectivity index (χ1) is 20.1. The molecule has 0 spiro atoms. The van der Waals surface area contributed by atoms with E-state index in [0.717, 1.165) is 48.4 Å². The third-order valence-electron chi connectivity index (χ3n) is 7.52. The monoisotopic (exact) mass is 591 g/mol. The third kappa shape index (κ3) is 6.82. The summed E-state index contributed by atoms with van der Waals surface area (Å²) < 4.78 is 31.0. The molecular weight excluding hydrogens is 554 g/mol. The summed E-state index contributed by atoms with van der Waals surface area (Å²) in [5, 5.41) is 11.1. The summed E-state index contributed by atoms with van der Waals surface area (Å²) in [6, 6.07) is 17.6. The number of carbonyl (C=O) groups is 1. The molecule has 0 aliphatic carbocycles. The van der Waals surface area contributed by atoms with Crippen molar-refractivity contribution in [3.05, 3.63) is 66.4 Å². The zero-order valence-corrected chi connectivity index (χ0v) is 25.2. The molecule has 222 valence electrons. The summed E-state index contributed by atoms with van der Waals surface area (Å²) >= 11 is 0. The number of para-hydroxylation sites is 1. The normalized spacial score (nSPS) is 14.6. The van der Waals surface area contributed by atoms with Gasteiger partial charge in [0.2, 0.25) is 11.9 Å². The van der Waals surface area contributed by atoms with Gasteiger partial charge in [0.25, 0.3) is 0 Å². The summed E-state index contributed by atoms with van der Waals surface area (Å²) in [6.45, 7) is 2.22. The van der Waals surface area contributed by atoms with Gasteiger partial charge >= 0.3 is 0 Å². The Hall–Kier alpha value is -4.16. The van der Waals surface area contributed by atoms with Crippen molar-refractivity contribution in [3.8, 4) is 17.0 Å². The second-order valence-electron chi connectivity index (χ2n) is 10.9. The quantitative estimate of drug-likeness (QED) is 0.283. The maximum absolute atomic E-state index is 12.1. The van der Waals surface area contributed by atoms with Gasteiger partial charge in [-0.15, -0.1) is 5.10 Å². The highest BCUT2D eigenvalue weighted by atomic mass is 32.2. The molecule has 5 rings (SSSR count). The minimum Gasteiger partial charge on any atom is -0.495 e. The standard InChI is InChI=1S/C30H37N7O4S/c1-35(2)29(38)19-36-15-13-21(14-16-36)22-9-11-26(28(17-22)41-3)33-30-31-18-23-10-12-27(37(23)34-30)24-7-5-6-8-25(24)32-20-42(4,39)40/h5-12,17-18,21,32H,13-16,19-20H2,1-4H3,(H,33,34). The number of carbonyl (C=O) groups excluding carboxylic acids is 1. The summed E-state index contributed by atoms with van der Waals surface area (Å²) in [4.78, 5) is 20.4. The van der Waals surface area contributed by atoms with E-state index in [2.05, 4.69) is 32.7 Å². The number of nitrogens with zero attached hydrogens (tertiary/aromatic N) is 5. The predicted octanol–water partition coefficient (Wildman–Crippen LogP) is 3.83. The second-order valence-corrected chi connectivity index (χ2v) is 13.0. The van der Waals surface area contributed by atoms with Crippen LogP contribution in [0.5, 0.6) is 5.75 Å². The van der Waals surface area contributed by atoms with Crippen molar-refractivity contribution in [2.45, 2.75) is 18.8 Å². The highest BCUT2D eigenvalue weighted by Gasteiger charge is 2.23. The Morgan fingerprint density at radius 1 is 1.07 bits per heavy atom. The van der Waals surface area contributed by atoms with Crippen LogP contribution < -0.4 is 15.4 Å². The average Bonchev–Trinajstić information content (AvgIpc) is 3.39. The molecule has 0 saturated carbocycles. The third-order valence-corrected chi connectivity index (χ3v) is 8.18. The van der Waals surface area contributed by atoms with Gasteiger partial charge in [-0.25, -0.2) is 17.9 Å². The zero-order valence-electron chi connectivity index (χ0n) is 24.4. The molecule has 12 heteroatoms. The minimum absolute atomic E-state index is 0.130. The second kappa shape index (κ2) is 12.4. The van der Waals surface area contributed by atoms with E-state index in [1.165, 1.54) is 11.8 Å². The van der Waals surface area contributed by atoms with Crippen LogP contribution in [0.4, 0.5) is 17.3 Å². The van der Waals surface area contributed by atoms with Gasteiger partial charge in [0.05, 0.1) is 36.7 Å². The van der Waals surface area contributed by atoms with Crippen LogP contribution in [0.1, 0.15) is 24.3 Å². The van der Waals surface area contributed by atoms with Crippen LogP contribution in [0.3, 0.4) is 0 Å². The molecule has 1 saturated heterocycles. The van der Waals surface area contributed by atoms with Crippen molar-refractivity contribution < 1.29 is 17.9 Å². The van der Waals surface area contributed by atoms with Gasteiger partial charge in [0, 0.05) is 31.6 Å². The Morgan fingerprint density at radius 3 is 2.55 bits per heavy atom. The van der Waals surface area contributed by atoms with Crippen LogP contribution in [0.2, 0.25) is 0 Å². The van der Waals surface area contributed by atoms with Gasteiger partial charge < -0.3 is 20.3 Å². The number of fused-ring (bicyclic) bond motifs is 1. The molecule has 1 fully saturated rings. The molecule has 2 N–H and O–H groups in total. The largest absolute Gasteiger partial charge is 0.495 e. The van der Waals surface area contributed by atoms with Crippen molar-refractivity contribution in [2.75, 3.05) is 63.6 Å². The Balaban J connectivity index is 1.33. The maximum Gasteiger partial charge on any atom is 0.245 e. The van der Waals surface area contributed by atoms with Crippen LogP contribution in [-0.2, 0) is 14.6 Å². The fourth-order valence-electron chi connectivity index (χ4n) is 5.17. The van der Waals surface area contributed by atoms with Crippen LogP contribution in [0.25, 0.3) is 16.8 Å². The molecule has 42 heavy (non-hydrogen) atoms. The lowest BCUT2D eigenvalue weighted by Crippen LogP contribution is -2.40. The molecule has 2 aromatic heterocycles. The number of nitrogens with one attached hydrogen (secondary N) is 2. The van der Waals surface area contributed by atoms with E-state index in [0.29, 0.717) is 29.8 Å².